The van der Waals surface area contributed by atoms with Gasteiger partial charge in [0.05, 0.1) is 27.8 Å². The van der Waals surface area contributed by atoms with Gasteiger partial charge in [0, 0.05) is 11.5 Å². The van der Waals surface area contributed by atoms with Crippen LogP contribution in [0.3, 0.4) is 0 Å². The normalized spacial score (nSPS) is 10.3. The molecule has 0 unspecified atom stereocenters. The Bertz CT molecular complexity index is 753. The summed E-state index contributed by atoms with van der Waals surface area (Å²) in [4.78, 5) is 25.7. The molecule has 1 N–H and O–H groups in total. The molecule has 0 aliphatic rings. The topological polar surface area (TPSA) is 49.4 Å². The van der Waals surface area contributed by atoms with Crippen molar-refractivity contribution in [1.29, 1.82) is 0 Å². The lowest BCUT2D eigenvalue weighted by Crippen LogP contribution is -2.35. The van der Waals surface area contributed by atoms with Crippen molar-refractivity contribution in [1.82, 2.24) is 4.90 Å². The van der Waals surface area contributed by atoms with E-state index in [0.29, 0.717) is 21.3 Å². The smallest absolute Gasteiger partial charge is 0.255 e. The van der Waals surface area contributed by atoms with Crippen LogP contribution in [-0.2, 0) is 4.79 Å². The van der Waals surface area contributed by atoms with Crippen molar-refractivity contribution in [2.75, 3.05) is 18.9 Å². The summed E-state index contributed by atoms with van der Waals surface area (Å²) in [5.74, 6) is -0.689. The number of rotatable bonds is 4. The second-order valence-electron chi connectivity index (χ2n) is 4.81. The van der Waals surface area contributed by atoms with Gasteiger partial charge in [-0.15, -0.1) is 0 Å². The Morgan fingerprint density at radius 3 is 2.52 bits per heavy atom. The van der Waals surface area contributed by atoms with Gasteiger partial charge in [-0.2, -0.15) is 0 Å². The van der Waals surface area contributed by atoms with E-state index in [9.17, 15) is 9.59 Å². The Balaban J connectivity index is 2.05. The molecule has 2 aromatic rings. The summed E-state index contributed by atoms with van der Waals surface area (Å²) in [6.45, 7) is -0.118. The van der Waals surface area contributed by atoms with E-state index in [2.05, 4.69) is 21.2 Å². The minimum absolute atomic E-state index is 0.118. The molecule has 2 aromatic carbocycles. The van der Waals surface area contributed by atoms with Crippen molar-refractivity contribution >= 4 is 56.6 Å². The zero-order chi connectivity index (χ0) is 17.0. The van der Waals surface area contributed by atoms with Crippen LogP contribution in [0.15, 0.2) is 46.9 Å². The van der Waals surface area contributed by atoms with Gasteiger partial charge in [0.15, 0.2) is 0 Å². The van der Waals surface area contributed by atoms with Gasteiger partial charge in [0.2, 0.25) is 5.91 Å². The number of nitrogens with one attached hydrogen (secondary N) is 1. The SMILES string of the molecule is CN(CC(=O)Nc1ccccc1Cl)C(=O)c1cc(Br)ccc1Cl. The van der Waals surface area contributed by atoms with Crippen molar-refractivity contribution in [3.63, 3.8) is 0 Å². The molecule has 0 fully saturated rings. The van der Waals surface area contributed by atoms with Crippen LogP contribution >= 0.6 is 39.1 Å². The molecule has 0 atom stereocenters. The molecule has 2 rings (SSSR count). The van der Waals surface area contributed by atoms with Crippen LogP contribution in [0.25, 0.3) is 0 Å². The maximum absolute atomic E-state index is 12.4. The first-order valence-electron chi connectivity index (χ1n) is 6.63. The summed E-state index contributed by atoms with van der Waals surface area (Å²) in [5, 5.41) is 3.43. The van der Waals surface area contributed by atoms with Crippen LogP contribution < -0.4 is 5.32 Å². The number of carbonyl (C=O) groups is 2. The average molecular weight is 416 g/mol. The zero-order valence-electron chi connectivity index (χ0n) is 12.1. The molecule has 23 heavy (non-hydrogen) atoms. The van der Waals surface area contributed by atoms with E-state index in [0.717, 1.165) is 4.47 Å². The van der Waals surface area contributed by atoms with E-state index >= 15 is 0 Å². The number of hydrogen-bond acceptors (Lipinski definition) is 2. The van der Waals surface area contributed by atoms with Gasteiger partial charge in [-0.05, 0) is 30.3 Å². The molecule has 2 amide bonds. The standard InChI is InChI=1S/C16H13BrCl2N2O2/c1-21(16(23)11-8-10(17)6-7-12(11)18)9-15(22)20-14-5-3-2-4-13(14)19/h2-8H,9H2,1H3,(H,20,22). The summed E-state index contributed by atoms with van der Waals surface area (Å²) in [7, 11) is 1.53. The van der Waals surface area contributed by atoms with Gasteiger partial charge >= 0.3 is 0 Å². The third-order valence-electron chi connectivity index (χ3n) is 3.03. The number of carbonyl (C=O) groups excluding carboxylic acids is 2. The van der Waals surface area contributed by atoms with Crippen molar-refractivity contribution in [2.24, 2.45) is 0 Å². The molecular weight excluding hydrogens is 403 g/mol. The molecule has 0 aliphatic heterocycles. The Kier molecular flexibility index (Phi) is 6.04. The lowest BCUT2D eigenvalue weighted by Gasteiger charge is -2.18. The van der Waals surface area contributed by atoms with Crippen molar-refractivity contribution < 1.29 is 9.59 Å². The predicted octanol–water partition coefficient (Wildman–Crippen LogP) is 4.47. The molecule has 4 nitrogen and oxygen atoms in total. The maximum Gasteiger partial charge on any atom is 0.255 e. The molecule has 0 saturated heterocycles. The average Bonchev–Trinajstić information content (AvgIpc) is 2.51. The van der Waals surface area contributed by atoms with Crippen molar-refractivity contribution in [3.8, 4) is 0 Å². The minimum atomic E-state index is -0.347. The predicted molar refractivity (Wildman–Crippen MR) is 96.2 cm³/mol. The Hall–Kier alpha value is -1.56. The second kappa shape index (κ2) is 7.81. The van der Waals surface area contributed by atoms with E-state index in [1.807, 2.05) is 0 Å². The fraction of sp³-hybridized carbons (Fsp3) is 0.125. The summed E-state index contributed by atoms with van der Waals surface area (Å²) in [6, 6.07) is 11.9. The quantitative estimate of drug-likeness (QED) is 0.800. The van der Waals surface area contributed by atoms with Crippen molar-refractivity contribution in [2.45, 2.75) is 0 Å². The van der Waals surface area contributed by atoms with Crippen LogP contribution in [0.4, 0.5) is 5.69 Å². The monoisotopic (exact) mass is 414 g/mol. The number of amides is 2. The van der Waals surface area contributed by atoms with Crippen LogP contribution in [0, 0.1) is 0 Å². The molecule has 0 heterocycles. The molecule has 0 aromatic heterocycles. The van der Waals surface area contributed by atoms with Crippen LogP contribution in [0.1, 0.15) is 10.4 Å². The molecule has 0 radical (unpaired) electrons. The third kappa shape index (κ3) is 4.70. The molecule has 0 saturated carbocycles. The summed E-state index contributed by atoms with van der Waals surface area (Å²) in [5.41, 5.74) is 0.828. The van der Waals surface area contributed by atoms with Gasteiger partial charge in [0.1, 0.15) is 0 Å². The first-order chi connectivity index (χ1) is 10.9. The van der Waals surface area contributed by atoms with E-state index in [-0.39, 0.29) is 18.4 Å². The lowest BCUT2D eigenvalue weighted by atomic mass is 10.2. The highest BCUT2D eigenvalue weighted by Gasteiger charge is 2.18. The Morgan fingerprint density at radius 1 is 1.13 bits per heavy atom. The lowest BCUT2D eigenvalue weighted by molar-refractivity contribution is -0.116. The number of likely N-dealkylation sites (N-methyl/N-ethyl adjacent to an activating group) is 1. The van der Waals surface area contributed by atoms with Crippen molar-refractivity contribution in [3.05, 3.63) is 62.5 Å². The number of anilines is 1. The fourth-order valence-electron chi connectivity index (χ4n) is 1.91. The summed E-state index contributed by atoms with van der Waals surface area (Å²) in [6.07, 6.45) is 0. The number of nitrogens with zero attached hydrogens (tertiary/aromatic N) is 1. The van der Waals surface area contributed by atoms with Gasteiger partial charge in [-0.1, -0.05) is 51.3 Å². The highest BCUT2D eigenvalue weighted by atomic mass is 79.9. The minimum Gasteiger partial charge on any atom is -0.332 e. The van der Waals surface area contributed by atoms with Gasteiger partial charge in [0.25, 0.3) is 5.91 Å². The Labute approximate surface area is 152 Å². The molecule has 0 bridgehead atoms. The highest BCUT2D eigenvalue weighted by molar-refractivity contribution is 9.10. The van der Waals surface area contributed by atoms with E-state index in [1.54, 1.807) is 42.5 Å². The maximum atomic E-state index is 12.4. The van der Waals surface area contributed by atoms with Crippen LogP contribution in [-0.4, -0.2) is 30.3 Å². The van der Waals surface area contributed by atoms with E-state index in [1.165, 1.54) is 11.9 Å². The highest BCUT2D eigenvalue weighted by Crippen LogP contribution is 2.23. The molecule has 7 heteroatoms. The fourth-order valence-corrected chi connectivity index (χ4v) is 2.65. The number of benzene rings is 2. The number of hydrogen-bond donors (Lipinski definition) is 1. The third-order valence-corrected chi connectivity index (χ3v) is 4.19. The van der Waals surface area contributed by atoms with Gasteiger partial charge in [-0.3, -0.25) is 9.59 Å². The van der Waals surface area contributed by atoms with E-state index < -0.39 is 0 Å². The van der Waals surface area contributed by atoms with Gasteiger partial charge < -0.3 is 10.2 Å². The summed E-state index contributed by atoms with van der Waals surface area (Å²) < 4.78 is 0.735. The van der Waals surface area contributed by atoms with Crippen LogP contribution in [0.2, 0.25) is 10.0 Å². The second-order valence-corrected chi connectivity index (χ2v) is 6.54. The molecule has 120 valence electrons. The largest absolute Gasteiger partial charge is 0.332 e. The molecule has 0 aliphatic carbocycles. The molecular formula is C16H13BrCl2N2O2. The molecule has 0 spiro atoms. The van der Waals surface area contributed by atoms with Gasteiger partial charge in [-0.25, -0.2) is 0 Å². The first kappa shape index (κ1) is 17.8. The summed E-state index contributed by atoms with van der Waals surface area (Å²) >= 11 is 15.3. The zero-order valence-corrected chi connectivity index (χ0v) is 15.2. The van der Waals surface area contributed by atoms with E-state index in [4.69, 9.17) is 23.2 Å². The van der Waals surface area contributed by atoms with Crippen LogP contribution in [0.5, 0.6) is 0 Å². The first-order valence-corrected chi connectivity index (χ1v) is 8.18. The number of para-hydroxylation sites is 1. The number of halogens is 3. The Morgan fingerprint density at radius 2 is 1.83 bits per heavy atom.